The van der Waals surface area contributed by atoms with Gasteiger partial charge in [0.1, 0.15) is 0 Å². The van der Waals surface area contributed by atoms with Crippen molar-refractivity contribution in [2.75, 3.05) is 33.0 Å². The molecule has 0 spiro atoms. The predicted octanol–water partition coefficient (Wildman–Crippen LogP) is 4.78. The summed E-state index contributed by atoms with van der Waals surface area (Å²) < 4.78 is 11.1. The largest absolute Gasteiger partial charge is 0.478 e. The number of fused-ring (bicyclic) bond motifs is 2. The van der Waals surface area contributed by atoms with Crippen molar-refractivity contribution in [1.82, 2.24) is 14.8 Å². The third-order valence-corrected chi connectivity index (χ3v) is 7.69. The molecule has 0 atom stereocenters. The van der Waals surface area contributed by atoms with Crippen molar-refractivity contribution < 1.29 is 19.4 Å². The first kappa shape index (κ1) is 22.3. The summed E-state index contributed by atoms with van der Waals surface area (Å²) in [5, 5.41) is 11.0. The van der Waals surface area contributed by atoms with Gasteiger partial charge in [0.2, 0.25) is 6.79 Å². The Morgan fingerprint density at radius 1 is 0.971 bits per heavy atom. The number of likely N-dealkylation sites (tertiary alicyclic amines) is 2. The van der Waals surface area contributed by atoms with Crippen LogP contribution in [-0.4, -0.2) is 64.9 Å². The third-order valence-electron chi connectivity index (χ3n) is 7.69. The molecule has 3 aromatic rings. The molecule has 1 N–H and O–H groups in total. The van der Waals surface area contributed by atoms with Crippen LogP contribution in [0, 0.1) is 0 Å². The monoisotopic (exact) mass is 473 g/mol. The van der Waals surface area contributed by atoms with Gasteiger partial charge < -0.3 is 19.5 Å². The average molecular weight is 474 g/mol. The quantitative estimate of drug-likeness (QED) is 0.572. The second kappa shape index (κ2) is 9.47. The minimum absolute atomic E-state index is 0.137. The summed E-state index contributed by atoms with van der Waals surface area (Å²) in [5.41, 5.74) is 3.34. The highest BCUT2D eigenvalue weighted by Crippen LogP contribution is 2.40. The van der Waals surface area contributed by atoms with E-state index in [1.54, 1.807) is 12.1 Å². The maximum absolute atomic E-state index is 12.7. The number of carbonyl (C=O) groups is 1. The van der Waals surface area contributed by atoms with Gasteiger partial charge in [-0.1, -0.05) is 36.8 Å². The van der Waals surface area contributed by atoms with Crippen LogP contribution in [0.15, 0.2) is 42.5 Å². The molecule has 0 radical (unpaired) electrons. The van der Waals surface area contributed by atoms with Crippen LogP contribution in [0.25, 0.3) is 22.2 Å². The Bertz CT molecular complexity index is 1230. The van der Waals surface area contributed by atoms with E-state index in [-0.39, 0.29) is 6.79 Å². The summed E-state index contributed by atoms with van der Waals surface area (Å²) in [6, 6.07) is 14.1. The standard InChI is InChI=1S/C28H31N3O4/c32-28(33)26-21-15-24-25(35-18-34-24)16-23(21)29-27(19-7-3-1-4-8-19)22(26)17-30-13-9-20(10-14-30)31-11-5-2-6-12-31/h1,3-4,7-8,15-16,20H,2,5-6,9-14,17-18H2,(H,32,33). The fraction of sp³-hybridized carbons (Fsp3) is 0.429. The number of hydrogen-bond donors (Lipinski definition) is 1. The van der Waals surface area contributed by atoms with Gasteiger partial charge in [0.25, 0.3) is 0 Å². The summed E-state index contributed by atoms with van der Waals surface area (Å²) in [5.74, 6) is 0.238. The van der Waals surface area contributed by atoms with E-state index in [0.29, 0.717) is 40.6 Å². The Balaban J connectivity index is 1.37. The normalized spacial score (nSPS) is 19.3. The summed E-state index contributed by atoms with van der Waals surface area (Å²) in [4.78, 5) is 22.7. The molecule has 182 valence electrons. The number of nitrogens with zero attached hydrogens (tertiary/aromatic N) is 3. The van der Waals surface area contributed by atoms with E-state index in [4.69, 9.17) is 14.5 Å². The summed E-state index contributed by atoms with van der Waals surface area (Å²) in [6.45, 7) is 5.07. The minimum atomic E-state index is -0.938. The van der Waals surface area contributed by atoms with Crippen molar-refractivity contribution in [2.24, 2.45) is 0 Å². The molecule has 0 aliphatic carbocycles. The van der Waals surface area contributed by atoms with Crippen LogP contribution >= 0.6 is 0 Å². The van der Waals surface area contributed by atoms with Crippen LogP contribution in [0.2, 0.25) is 0 Å². The molecule has 3 aliphatic rings. The zero-order valence-electron chi connectivity index (χ0n) is 19.9. The molecule has 7 nitrogen and oxygen atoms in total. The number of carboxylic acids is 1. The Hall–Kier alpha value is -3.16. The number of aromatic nitrogens is 1. The van der Waals surface area contributed by atoms with Crippen molar-refractivity contribution in [1.29, 1.82) is 0 Å². The lowest BCUT2D eigenvalue weighted by Gasteiger charge is -2.40. The molecule has 2 saturated heterocycles. The van der Waals surface area contributed by atoms with Crippen molar-refractivity contribution in [3.8, 4) is 22.8 Å². The van der Waals surface area contributed by atoms with E-state index in [0.717, 1.165) is 42.8 Å². The lowest BCUT2D eigenvalue weighted by Crippen LogP contribution is -2.46. The first-order chi connectivity index (χ1) is 17.2. The summed E-state index contributed by atoms with van der Waals surface area (Å²) >= 11 is 0. The fourth-order valence-corrected chi connectivity index (χ4v) is 5.88. The van der Waals surface area contributed by atoms with Gasteiger partial charge in [-0.2, -0.15) is 0 Å². The first-order valence-corrected chi connectivity index (χ1v) is 12.7. The number of piperidine rings is 2. The van der Waals surface area contributed by atoms with E-state index in [2.05, 4.69) is 9.80 Å². The molecule has 4 heterocycles. The highest BCUT2D eigenvalue weighted by atomic mass is 16.7. The van der Waals surface area contributed by atoms with Crippen molar-refractivity contribution >= 4 is 16.9 Å². The molecule has 0 saturated carbocycles. The zero-order chi connectivity index (χ0) is 23.8. The Kier molecular flexibility index (Phi) is 6.04. The molecular formula is C28H31N3O4. The van der Waals surface area contributed by atoms with Crippen molar-refractivity contribution in [3.63, 3.8) is 0 Å². The average Bonchev–Trinajstić information content (AvgIpc) is 3.35. The van der Waals surface area contributed by atoms with Gasteiger partial charge in [-0.3, -0.25) is 4.90 Å². The minimum Gasteiger partial charge on any atom is -0.478 e. The Labute approximate surface area is 205 Å². The lowest BCUT2D eigenvalue weighted by molar-refractivity contribution is 0.0692. The molecule has 2 aromatic carbocycles. The van der Waals surface area contributed by atoms with Gasteiger partial charge in [-0.05, 0) is 57.9 Å². The Morgan fingerprint density at radius 3 is 2.40 bits per heavy atom. The number of benzene rings is 2. The number of aromatic carboxylic acids is 1. The molecule has 0 bridgehead atoms. The predicted molar refractivity (Wildman–Crippen MR) is 134 cm³/mol. The maximum atomic E-state index is 12.7. The van der Waals surface area contributed by atoms with Crippen LogP contribution in [0.4, 0.5) is 0 Å². The lowest BCUT2D eigenvalue weighted by atomic mass is 9.94. The number of rotatable bonds is 5. The van der Waals surface area contributed by atoms with Crippen LogP contribution in [-0.2, 0) is 6.54 Å². The molecule has 1 aromatic heterocycles. The van der Waals surface area contributed by atoms with E-state index >= 15 is 0 Å². The highest BCUT2D eigenvalue weighted by molar-refractivity contribution is 6.06. The van der Waals surface area contributed by atoms with E-state index in [1.165, 1.54) is 32.4 Å². The van der Waals surface area contributed by atoms with Crippen LogP contribution in [0.3, 0.4) is 0 Å². The summed E-state index contributed by atoms with van der Waals surface area (Å²) in [6.07, 6.45) is 6.23. The first-order valence-electron chi connectivity index (χ1n) is 12.7. The SMILES string of the molecule is O=C(O)c1c(CN2CCC(N3CCCCC3)CC2)c(-c2ccccc2)nc2cc3c(cc12)OCO3. The van der Waals surface area contributed by atoms with Gasteiger partial charge in [0.15, 0.2) is 11.5 Å². The van der Waals surface area contributed by atoms with Gasteiger partial charge in [-0.25, -0.2) is 9.78 Å². The summed E-state index contributed by atoms with van der Waals surface area (Å²) in [7, 11) is 0. The van der Waals surface area contributed by atoms with Gasteiger partial charge >= 0.3 is 5.97 Å². The second-order valence-corrected chi connectivity index (χ2v) is 9.81. The van der Waals surface area contributed by atoms with Gasteiger partial charge in [0.05, 0.1) is 16.8 Å². The number of pyridine rings is 1. The zero-order valence-corrected chi connectivity index (χ0v) is 19.9. The molecular weight excluding hydrogens is 442 g/mol. The van der Waals surface area contributed by atoms with Crippen LogP contribution in [0.1, 0.15) is 48.0 Å². The molecule has 0 unspecified atom stereocenters. The topological polar surface area (TPSA) is 75.1 Å². The smallest absolute Gasteiger partial charge is 0.336 e. The molecule has 3 aliphatic heterocycles. The third kappa shape index (κ3) is 4.34. The second-order valence-electron chi connectivity index (χ2n) is 9.81. The molecule has 35 heavy (non-hydrogen) atoms. The van der Waals surface area contributed by atoms with E-state index < -0.39 is 5.97 Å². The van der Waals surface area contributed by atoms with Crippen molar-refractivity contribution in [2.45, 2.75) is 44.7 Å². The molecule has 2 fully saturated rings. The molecule has 6 rings (SSSR count). The Morgan fingerprint density at radius 2 is 1.69 bits per heavy atom. The molecule has 7 heteroatoms. The number of hydrogen-bond acceptors (Lipinski definition) is 6. The van der Waals surface area contributed by atoms with E-state index in [9.17, 15) is 9.90 Å². The highest BCUT2D eigenvalue weighted by Gasteiger charge is 2.29. The molecule has 0 amide bonds. The van der Waals surface area contributed by atoms with Crippen LogP contribution in [0.5, 0.6) is 11.5 Å². The van der Waals surface area contributed by atoms with Crippen LogP contribution < -0.4 is 9.47 Å². The van der Waals surface area contributed by atoms with Gasteiger partial charge in [0, 0.05) is 35.2 Å². The number of carboxylic acid groups (broad SMARTS) is 1. The van der Waals surface area contributed by atoms with Gasteiger partial charge in [-0.15, -0.1) is 0 Å². The van der Waals surface area contributed by atoms with Crippen molar-refractivity contribution in [3.05, 3.63) is 53.6 Å². The fourth-order valence-electron chi connectivity index (χ4n) is 5.88. The maximum Gasteiger partial charge on any atom is 0.336 e. The number of ether oxygens (including phenoxy) is 2. The van der Waals surface area contributed by atoms with E-state index in [1.807, 2.05) is 30.3 Å².